The third kappa shape index (κ3) is 3.88. The van der Waals surface area contributed by atoms with Gasteiger partial charge in [-0.05, 0) is 56.3 Å². The Hall–Kier alpha value is -2.66. The number of amides is 1. The molecule has 1 fully saturated rings. The van der Waals surface area contributed by atoms with E-state index >= 15 is 0 Å². The van der Waals surface area contributed by atoms with Gasteiger partial charge in [-0.25, -0.2) is 4.68 Å². The van der Waals surface area contributed by atoms with Gasteiger partial charge in [0.1, 0.15) is 0 Å². The molecule has 1 amide bonds. The minimum Gasteiger partial charge on any atom is -0.331 e. The molecular weight excluding hydrogens is 354 g/mol. The van der Waals surface area contributed by atoms with E-state index in [1.807, 2.05) is 65.9 Å². The zero-order chi connectivity index (χ0) is 18.8. The highest BCUT2D eigenvalue weighted by atomic mass is 32.1. The summed E-state index contributed by atoms with van der Waals surface area (Å²) in [5.74, 6) is 0.0807. The summed E-state index contributed by atoms with van der Waals surface area (Å²) in [6, 6.07) is 14.6. The minimum atomic E-state index is 0.0807. The van der Waals surface area contributed by atoms with Gasteiger partial charge in [0.2, 0.25) is 5.91 Å². The highest BCUT2D eigenvalue weighted by molar-refractivity contribution is 7.09. The number of para-hydroxylation sites is 1. The number of carbonyl (C=O) groups is 1. The lowest BCUT2D eigenvalue weighted by Crippen LogP contribution is -2.30. The van der Waals surface area contributed by atoms with E-state index in [1.54, 1.807) is 17.4 Å². The lowest BCUT2D eigenvalue weighted by Gasteiger charge is -2.20. The van der Waals surface area contributed by atoms with Crippen molar-refractivity contribution in [3.05, 3.63) is 75.7 Å². The van der Waals surface area contributed by atoms with Crippen LogP contribution in [0.5, 0.6) is 0 Å². The predicted octanol–water partition coefficient (Wildman–Crippen LogP) is 4.76. The van der Waals surface area contributed by atoms with Gasteiger partial charge in [-0.15, -0.1) is 11.3 Å². The summed E-state index contributed by atoms with van der Waals surface area (Å²) in [5, 5.41) is 6.71. The Bertz CT molecular complexity index is 953. The third-order valence-corrected chi connectivity index (χ3v) is 5.78. The molecule has 3 aromatic rings. The molecule has 2 heterocycles. The number of nitrogens with zero attached hydrogens (tertiary/aromatic N) is 3. The van der Waals surface area contributed by atoms with Crippen molar-refractivity contribution in [1.29, 1.82) is 0 Å². The normalized spacial score (nSPS) is 14.0. The Morgan fingerprint density at radius 1 is 1.22 bits per heavy atom. The summed E-state index contributed by atoms with van der Waals surface area (Å²) in [6.07, 6.45) is 5.84. The molecular formula is C22H23N3OS. The number of rotatable bonds is 6. The van der Waals surface area contributed by atoms with Gasteiger partial charge in [-0.2, -0.15) is 5.10 Å². The van der Waals surface area contributed by atoms with Crippen LogP contribution in [0.3, 0.4) is 0 Å². The van der Waals surface area contributed by atoms with Crippen LogP contribution in [0.4, 0.5) is 0 Å². The van der Waals surface area contributed by atoms with E-state index < -0.39 is 0 Å². The van der Waals surface area contributed by atoms with E-state index in [4.69, 9.17) is 0 Å². The zero-order valence-corrected chi connectivity index (χ0v) is 16.4. The van der Waals surface area contributed by atoms with E-state index in [1.165, 1.54) is 4.88 Å². The van der Waals surface area contributed by atoms with Crippen LogP contribution in [0, 0.1) is 13.8 Å². The molecule has 0 bridgehead atoms. The van der Waals surface area contributed by atoms with E-state index in [-0.39, 0.29) is 5.91 Å². The maximum Gasteiger partial charge on any atom is 0.247 e. The number of hydrogen-bond donors (Lipinski definition) is 0. The summed E-state index contributed by atoms with van der Waals surface area (Å²) in [7, 11) is 0. The Morgan fingerprint density at radius 2 is 2.00 bits per heavy atom. The lowest BCUT2D eigenvalue weighted by atomic mass is 10.1. The summed E-state index contributed by atoms with van der Waals surface area (Å²) in [4.78, 5) is 16.1. The van der Waals surface area contributed by atoms with Gasteiger partial charge < -0.3 is 4.90 Å². The highest BCUT2D eigenvalue weighted by Crippen LogP contribution is 2.30. The molecule has 0 unspecified atom stereocenters. The van der Waals surface area contributed by atoms with Crippen LogP contribution in [-0.4, -0.2) is 26.6 Å². The number of hydrogen-bond acceptors (Lipinski definition) is 3. The van der Waals surface area contributed by atoms with Crippen molar-refractivity contribution in [1.82, 2.24) is 14.7 Å². The van der Waals surface area contributed by atoms with Crippen molar-refractivity contribution >= 4 is 23.3 Å². The first-order chi connectivity index (χ1) is 13.1. The number of thiophene rings is 1. The molecule has 138 valence electrons. The van der Waals surface area contributed by atoms with Crippen LogP contribution < -0.4 is 0 Å². The molecule has 4 rings (SSSR count). The summed E-state index contributed by atoms with van der Waals surface area (Å²) >= 11 is 1.70. The third-order valence-electron chi connectivity index (χ3n) is 4.92. The first kappa shape index (κ1) is 17.7. The lowest BCUT2D eigenvalue weighted by molar-refractivity contribution is -0.127. The van der Waals surface area contributed by atoms with Crippen LogP contribution in [0.1, 0.15) is 34.7 Å². The SMILES string of the molecule is Cc1nn(-c2ccccc2)c(C)c1/C=C/C(=O)N(Cc1cccs1)C1CC1. The topological polar surface area (TPSA) is 38.1 Å². The van der Waals surface area contributed by atoms with Gasteiger partial charge in [-0.3, -0.25) is 4.79 Å². The average molecular weight is 378 g/mol. The smallest absolute Gasteiger partial charge is 0.247 e. The summed E-state index contributed by atoms with van der Waals surface area (Å²) < 4.78 is 1.93. The van der Waals surface area contributed by atoms with E-state index in [2.05, 4.69) is 16.5 Å². The second kappa shape index (κ2) is 7.53. The summed E-state index contributed by atoms with van der Waals surface area (Å²) in [6.45, 7) is 4.73. The largest absolute Gasteiger partial charge is 0.331 e. The van der Waals surface area contributed by atoms with Crippen LogP contribution in [0.2, 0.25) is 0 Å². The Morgan fingerprint density at radius 3 is 2.67 bits per heavy atom. The molecule has 4 nitrogen and oxygen atoms in total. The average Bonchev–Trinajstić information content (AvgIpc) is 3.31. The maximum absolute atomic E-state index is 12.8. The highest BCUT2D eigenvalue weighted by Gasteiger charge is 2.31. The van der Waals surface area contributed by atoms with Crippen molar-refractivity contribution in [2.75, 3.05) is 0 Å². The number of aryl methyl sites for hydroxylation is 1. The van der Waals surface area contributed by atoms with Gasteiger partial charge in [0.15, 0.2) is 0 Å². The van der Waals surface area contributed by atoms with Crippen LogP contribution in [-0.2, 0) is 11.3 Å². The molecule has 1 aliphatic rings. The van der Waals surface area contributed by atoms with Gasteiger partial charge in [0.25, 0.3) is 0 Å². The molecule has 5 heteroatoms. The van der Waals surface area contributed by atoms with E-state index in [9.17, 15) is 4.79 Å². The zero-order valence-electron chi connectivity index (χ0n) is 15.6. The van der Waals surface area contributed by atoms with Crippen LogP contribution in [0.25, 0.3) is 11.8 Å². The first-order valence-electron chi connectivity index (χ1n) is 9.26. The van der Waals surface area contributed by atoms with Gasteiger partial charge in [0, 0.05) is 28.3 Å². The molecule has 0 atom stereocenters. The van der Waals surface area contributed by atoms with Crippen LogP contribution >= 0.6 is 11.3 Å². The molecule has 2 aromatic heterocycles. The van der Waals surface area contributed by atoms with E-state index in [0.717, 1.165) is 35.5 Å². The first-order valence-corrected chi connectivity index (χ1v) is 10.1. The molecule has 0 N–H and O–H groups in total. The molecule has 1 saturated carbocycles. The van der Waals surface area contributed by atoms with Crippen molar-refractivity contribution in [2.24, 2.45) is 0 Å². The molecule has 1 aromatic carbocycles. The number of carbonyl (C=O) groups excluding carboxylic acids is 1. The maximum atomic E-state index is 12.8. The number of aromatic nitrogens is 2. The van der Waals surface area contributed by atoms with Crippen molar-refractivity contribution in [3.8, 4) is 5.69 Å². The predicted molar refractivity (Wildman–Crippen MR) is 110 cm³/mol. The summed E-state index contributed by atoms with van der Waals surface area (Å²) in [5.41, 5.74) is 4.01. The Balaban J connectivity index is 1.55. The van der Waals surface area contributed by atoms with Crippen LogP contribution in [0.15, 0.2) is 53.9 Å². The molecule has 0 aliphatic heterocycles. The fraction of sp³-hybridized carbons (Fsp3) is 0.273. The number of benzene rings is 1. The van der Waals surface area contributed by atoms with Crippen molar-refractivity contribution < 1.29 is 4.79 Å². The molecule has 0 saturated heterocycles. The minimum absolute atomic E-state index is 0.0807. The van der Waals surface area contributed by atoms with E-state index in [0.29, 0.717) is 12.6 Å². The fourth-order valence-electron chi connectivity index (χ4n) is 3.31. The monoisotopic (exact) mass is 377 g/mol. The molecule has 0 radical (unpaired) electrons. The Labute approximate surface area is 163 Å². The van der Waals surface area contributed by atoms with Gasteiger partial charge >= 0.3 is 0 Å². The molecule has 27 heavy (non-hydrogen) atoms. The second-order valence-electron chi connectivity index (χ2n) is 6.94. The second-order valence-corrected chi connectivity index (χ2v) is 7.97. The molecule has 0 spiro atoms. The molecule has 1 aliphatic carbocycles. The quantitative estimate of drug-likeness (QED) is 0.581. The van der Waals surface area contributed by atoms with Crippen molar-refractivity contribution in [2.45, 2.75) is 39.3 Å². The fourth-order valence-corrected chi connectivity index (χ4v) is 4.01. The Kier molecular flexibility index (Phi) is 4.94. The standard InChI is InChI=1S/C22H23N3OS/c1-16-21(17(2)25(23-16)19-7-4-3-5-8-19)12-13-22(26)24(18-10-11-18)15-20-9-6-14-27-20/h3-9,12-14,18H,10-11,15H2,1-2H3/b13-12+. The van der Waals surface area contributed by atoms with Gasteiger partial charge in [-0.1, -0.05) is 24.3 Å². The van der Waals surface area contributed by atoms with Gasteiger partial charge in [0.05, 0.1) is 17.9 Å². The van der Waals surface area contributed by atoms with Crippen molar-refractivity contribution in [3.63, 3.8) is 0 Å².